The molecule has 30 heavy (non-hydrogen) atoms. The SMILES string of the molecule is N=Cc1ccc(OCC(=O)NC(c2ccccc2)c2ccccc2)c2ccccc12. The van der Waals surface area contributed by atoms with Gasteiger partial charge < -0.3 is 15.5 Å². The standard InChI is InChI=1S/C26H22N2O2/c27-17-21-15-16-24(23-14-8-7-13-22(21)23)30-18-25(29)28-26(19-9-3-1-4-10-19)20-11-5-2-6-12-20/h1-17,26-27H,18H2,(H,28,29). The molecule has 0 saturated heterocycles. The maximum Gasteiger partial charge on any atom is 0.258 e. The number of ether oxygens (including phenoxy) is 1. The lowest BCUT2D eigenvalue weighted by Crippen LogP contribution is -2.33. The molecule has 0 heterocycles. The molecule has 0 aliphatic heterocycles. The van der Waals surface area contributed by atoms with Crippen molar-refractivity contribution >= 4 is 22.9 Å². The Kier molecular flexibility index (Phi) is 5.85. The summed E-state index contributed by atoms with van der Waals surface area (Å²) < 4.78 is 5.87. The molecule has 1 amide bonds. The van der Waals surface area contributed by atoms with Gasteiger partial charge in [-0.05, 0) is 28.6 Å². The van der Waals surface area contributed by atoms with Crippen molar-refractivity contribution in [2.24, 2.45) is 0 Å². The summed E-state index contributed by atoms with van der Waals surface area (Å²) in [7, 11) is 0. The molecule has 0 atom stereocenters. The van der Waals surface area contributed by atoms with Gasteiger partial charge in [-0.3, -0.25) is 4.79 Å². The first-order valence-electron chi connectivity index (χ1n) is 9.80. The number of hydrogen-bond donors (Lipinski definition) is 2. The fourth-order valence-electron chi connectivity index (χ4n) is 3.54. The van der Waals surface area contributed by atoms with Gasteiger partial charge in [0.15, 0.2) is 6.61 Å². The first-order chi connectivity index (χ1) is 14.8. The Bertz CT molecular complexity index is 1120. The number of nitrogens with one attached hydrogen (secondary N) is 2. The van der Waals surface area contributed by atoms with Crippen LogP contribution in [0.15, 0.2) is 97.1 Å². The number of rotatable bonds is 7. The van der Waals surface area contributed by atoms with Crippen molar-refractivity contribution < 1.29 is 9.53 Å². The van der Waals surface area contributed by atoms with E-state index >= 15 is 0 Å². The molecule has 0 aliphatic carbocycles. The van der Waals surface area contributed by atoms with Crippen LogP contribution in [0.1, 0.15) is 22.7 Å². The summed E-state index contributed by atoms with van der Waals surface area (Å²) >= 11 is 0. The van der Waals surface area contributed by atoms with E-state index in [9.17, 15) is 4.79 Å². The zero-order valence-electron chi connectivity index (χ0n) is 16.4. The molecule has 0 aliphatic rings. The van der Waals surface area contributed by atoms with E-state index in [4.69, 9.17) is 10.1 Å². The van der Waals surface area contributed by atoms with Gasteiger partial charge in [0.2, 0.25) is 0 Å². The van der Waals surface area contributed by atoms with Gasteiger partial charge in [-0.25, -0.2) is 0 Å². The minimum Gasteiger partial charge on any atom is -0.483 e. The summed E-state index contributed by atoms with van der Waals surface area (Å²) in [6.07, 6.45) is 1.32. The Morgan fingerprint density at radius 1 is 0.800 bits per heavy atom. The topological polar surface area (TPSA) is 62.2 Å². The van der Waals surface area contributed by atoms with Crippen LogP contribution < -0.4 is 10.1 Å². The number of benzene rings is 4. The van der Waals surface area contributed by atoms with Crippen molar-refractivity contribution in [1.82, 2.24) is 5.32 Å². The third-order valence-electron chi connectivity index (χ3n) is 5.00. The number of carbonyl (C=O) groups excluding carboxylic acids is 1. The molecule has 0 spiro atoms. The molecule has 0 fully saturated rings. The second kappa shape index (κ2) is 9.05. The van der Waals surface area contributed by atoms with Crippen LogP contribution in [0.5, 0.6) is 5.75 Å². The van der Waals surface area contributed by atoms with Crippen LogP contribution in [-0.2, 0) is 4.79 Å². The molecule has 4 heteroatoms. The van der Waals surface area contributed by atoms with Gasteiger partial charge >= 0.3 is 0 Å². The highest BCUT2D eigenvalue weighted by molar-refractivity contribution is 6.01. The Labute approximate surface area is 175 Å². The summed E-state index contributed by atoms with van der Waals surface area (Å²) in [5, 5.41) is 12.5. The molecule has 0 unspecified atom stereocenters. The molecule has 2 N–H and O–H groups in total. The van der Waals surface area contributed by atoms with E-state index in [0.29, 0.717) is 5.75 Å². The molecule has 148 valence electrons. The largest absolute Gasteiger partial charge is 0.483 e. The molecule has 4 aromatic rings. The highest BCUT2D eigenvalue weighted by Crippen LogP contribution is 2.28. The molecule has 0 aromatic heterocycles. The highest BCUT2D eigenvalue weighted by Gasteiger charge is 2.17. The van der Waals surface area contributed by atoms with Crippen molar-refractivity contribution in [3.63, 3.8) is 0 Å². The van der Waals surface area contributed by atoms with E-state index in [1.165, 1.54) is 6.21 Å². The second-order valence-corrected chi connectivity index (χ2v) is 6.95. The first kappa shape index (κ1) is 19.4. The lowest BCUT2D eigenvalue weighted by Gasteiger charge is -2.20. The summed E-state index contributed by atoms with van der Waals surface area (Å²) in [4.78, 5) is 12.8. The monoisotopic (exact) mass is 394 g/mol. The van der Waals surface area contributed by atoms with Gasteiger partial charge in [-0.15, -0.1) is 0 Å². The Morgan fingerprint density at radius 3 is 1.97 bits per heavy atom. The molecule has 4 aromatic carbocycles. The average molecular weight is 394 g/mol. The van der Waals surface area contributed by atoms with Gasteiger partial charge in [0.25, 0.3) is 5.91 Å². The van der Waals surface area contributed by atoms with Crippen LogP contribution in [0.4, 0.5) is 0 Å². The molecular weight excluding hydrogens is 372 g/mol. The molecule has 0 radical (unpaired) electrons. The van der Waals surface area contributed by atoms with E-state index in [2.05, 4.69) is 5.32 Å². The van der Waals surface area contributed by atoms with Crippen LogP contribution in [0.2, 0.25) is 0 Å². The van der Waals surface area contributed by atoms with Gasteiger partial charge in [0, 0.05) is 17.2 Å². The van der Waals surface area contributed by atoms with Crippen molar-refractivity contribution in [3.05, 3.63) is 114 Å². The van der Waals surface area contributed by atoms with Gasteiger partial charge in [-0.2, -0.15) is 0 Å². The predicted molar refractivity (Wildman–Crippen MR) is 120 cm³/mol. The lowest BCUT2D eigenvalue weighted by atomic mass is 9.99. The zero-order chi connectivity index (χ0) is 20.8. The van der Waals surface area contributed by atoms with Crippen molar-refractivity contribution in [2.75, 3.05) is 6.61 Å². The molecule has 0 bridgehead atoms. The Hall–Kier alpha value is -3.92. The molecule has 4 rings (SSSR count). The smallest absolute Gasteiger partial charge is 0.258 e. The minimum atomic E-state index is -0.250. The van der Waals surface area contributed by atoms with E-state index in [0.717, 1.165) is 27.5 Å². The third-order valence-corrected chi connectivity index (χ3v) is 5.00. The number of carbonyl (C=O) groups is 1. The van der Waals surface area contributed by atoms with E-state index in [-0.39, 0.29) is 18.6 Å². The summed E-state index contributed by atoms with van der Waals surface area (Å²) in [6, 6.07) is 30.9. The minimum absolute atomic E-state index is 0.0932. The van der Waals surface area contributed by atoms with Crippen LogP contribution >= 0.6 is 0 Å². The Balaban J connectivity index is 1.53. The normalized spacial score (nSPS) is 10.7. The van der Waals surface area contributed by atoms with Crippen LogP contribution in [0.3, 0.4) is 0 Å². The van der Waals surface area contributed by atoms with Gasteiger partial charge in [0.1, 0.15) is 5.75 Å². The second-order valence-electron chi connectivity index (χ2n) is 6.95. The summed E-state index contributed by atoms with van der Waals surface area (Å²) in [5.74, 6) is 0.426. The van der Waals surface area contributed by atoms with E-state index in [1.54, 1.807) is 0 Å². The van der Waals surface area contributed by atoms with Crippen molar-refractivity contribution in [3.8, 4) is 5.75 Å². The molecule has 4 nitrogen and oxygen atoms in total. The highest BCUT2D eigenvalue weighted by atomic mass is 16.5. The number of amides is 1. The van der Waals surface area contributed by atoms with Gasteiger partial charge in [0.05, 0.1) is 6.04 Å². The van der Waals surface area contributed by atoms with Crippen molar-refractivity contribution in [1.29, 1.82) is 5.41 Å². The van der Waals surface area contributed by atoms with Crippen LogP contribution in [-0.4, -0.2) is 18.7 Å². The number of fused-ring (bicyclic) bond motifs is 1. The maximum absolute atomic E-state index is 12.8. The average Bonchev–Trinajstić information content (AvgIpc) is 2.82. The summed E-state index contributed by atoms with van der Waals surface area (Å²) in [5.41, 5.74) is 2.84. The fourth-order valence-corrected chi connectivity index (χ4v) is 3.54. The fraction of sp³-hybridized carbons (Fsp3) is 0.0769. The van der Waals surface area contributed by atoms with E-state index in [1.807, 2.05) is 97.1 Å². The first-order valence-corrected chi connectivity index (χ1v) is 9.80. The molecule has 0 saturated carbocycles. The lowest BCUT2D eigenvalue weighted by molar-refractivity contribution is -0.123. The maximum atomic E-state index is 12.8. The van der Waals surface area contributed by atoms with Crippen LogP contribution in [0.25, 0.3) is 10.8 Å². The molecular formula is C26H22N2O2. The number of hydrogen-bond acceptors (Lipinski definition) is 3. The third kappa shape index (κ3) is 4.23. The van der Waals surface area contributed by atoms with Crippen LogP contribution in [0, 0.1) is 5.41 Å². The van der Waals surface area contributed by atoms with E-state index < -0.39 is 0 Å². The summed E-state index contributed by atoms with van der Waals surface area (Å²) in [6.45, 7) is -0.0932. The van der Waals surface area contributed by atoms with Crippen molar-refractivity contribution in [2.45, 2.75) is 6.04 Å². The predicted octanol–water partition coefficient (Wildman–Crippen LogP) is 5.12. The van der Waals surface area contributed by atoms with Gasteiger partial charge in [-0.1, -0.05) is 84.9 Å². The Morgan fingerprint density at radius 2 is 1.37 bits per heavy atom. The quantitative estimate of drug-likeness (QED) is 0.427. The zero-order valence-corrected chi connectivity index (χ0v) is 16.4.